The zero-order chi connectivity index (χ0) is 22.7. The van der Waals surface area contributed by atoms with Gasteiger partial charge in [-0.25, -0.2) is 8.78 Å². The number of aliphatic hydroxyl groups is 1. The maximum atomic E-state index is 16.5. The lowest BCUT2D eigenvalue weighted by Gasteiger charge is -2.59. The molecule has 176 valence electrons. The van der Waals surface area contributed by atoms with E-state index in [4.69, 9.17) is 0 Å². The number of rotatable bonds is 4. The number of carbonyl (C=O) groups excluding carboxylic acids is 1. The molecule has 0 spiro atoms. The van der Waals surface area contributed by atoms with E-state index < -0.39 is 17.1 Å². The maximum Gasteiger partial charge on any atom is 0.164 e. The molecule has 4 saturated carbocycles. The molecule has 0 aromatic carbocycles. The van der Waals surface area contributed by atoms with Crippen molar-refractivity contribution in [1.82, 2.24) is 4.98 Å². The second-order valence-electron chi connectivity index (χ2n) is 11.6. The highest BCUT2D eigenvalue weighted by atomic mass is 19.1. The van der Waals surface area contributed by atoms with Crippen LogP contribution >= 0.6 is 0 Å². The molecule has 0 radical (unpaired) electrons. The van der Waals surface area contributed by atoms with Crippen LogP contribution in [0.25, 0.3) is 0 Å². The fraction of sp³-hybridized carbons (Fsp3) is 0.769. The van der Waals surface area contributed by atoms with Gasteiger partial charge in [0.2, 0.25) is 0 Å². The van der Waals surface area contributed by atoms with Crippen molar-refractivity contribution in [2.24, 2.45) is 35.0 Å². The number of aromatic nitrogens is 1. The predicted molar refractivity (Wildman–Crippen MR) is 119 cm³/mol. The van der Waals surface area contributed by atoms with E-state index in [0.717, 1.165) is 44.7 Å². The van der Waals surface area contributed by atoms with Crippen molar-refractivity contribution in [3.63, 3.8) is 0 Å². The molecule has 6 heteroatoms. The minimum atomic E-state index is -1.16. The monoisotopic (exact) mass is 446 g/mol. The number of halogens is 2. The van der Waals surface area contributed by atoms with Crippen LogP contribution in [0.1, 0.15) is 71.6 Å². The standard InChI is InChI=1S/C26H36F2N2O2/c1-24(32)10-11-26(28)16(13-24)3-4-17-18-5-6-20(25(18,2)9-7-19(17)26)23(31)15-30-22-8-12-29-14-21(22)27/h8,12,14,16-20,32H,3-7,9-11,13,15H2,1-2H3,(H,29,30)/t16-,17+,18?,19+,20-,24-,25+,26-/m1/s1. The molecule has 1 heterocycles. The van der Waals surface area contributed by atoms with E-state index in [-0.39, 0.29) is 35.5 Å². The van der Waals surface area contributed by atoms with Crippen LogP contribution in [0.4, 0.5) is 14.5 Å². The topological polar surface area (TPSA) is 62.2 Å². The van der Waals surface area contributed by atoms with Gasteiger partial charge in [-0.1, -0.05) is 6.92 Å². The van der Waals surface area contributed by atoms with Crippen molar-refractivity contribution in [3.8, 4) is 0 Å². The number of fused-ring (bicyclic) bond motifs is 5. The zero-order valence-corrected chi connectivity index (χ0v) is 19.2. The highest BCUT2D eigenvalue weighted by Crippen LogP contribution is 2.66. The summed E-state index contributed by atoms with van der Waals surface area (Å²) >= 11 is 0. The summed E-state index contributed by atoms with van der Waals surface area (Å²) in [7, 11) is 0. The van der Waals surface area contributed by atoms with Gasteiger partial charge in [0.25, 0.3) is 0 Å². The summed E-state index contributed by atoms with van der Waals surface area (Å²) in [5.74, 6) is 0.384. The number of pyridine rings is 1. The average molecular weight is 447 g/mol. The summed E-state index contributed by atoms with van der Waals surface area (Å²) < 4.78 is 30.3. The van der Waals surface area contributed by atoms with Crippen molar-refractivity contribution < 1.29 is 18.7 Å². The van der Waals surface area contributed by atoms with E-state index >= 15 is 4.39 Å². The van der Waals surface area contributed by atoms with Crippen LogP contribution in [0.2, 0.25) is 0 Å². The van der Waals surface area contributed by atoms with Crippen molar-refractivity contribution in [1.29, 1.82) is 0 Å². The third kappa shape index (κ3) is 3.48. The average Bonchev–Trinajstić information content (AvgIpc) is 3.11. The second-order valence-corrected chi connectivity index (χ2v) is 11.6. The van der Waals surface area contributed by atoms with Gasteiger partial charge in [0.1, 0.15) is 5.67 Å². The van der Waals surface area contributed by atoms with E-state index in [1.807, 2.05) is 6.92 Å². The normalized spacial score (nSPS) is 45.5. The Kier molecular flexibility index (Phi) is 5.39. The molecule has 0 aliphatic heterocycles. The number of anilines is 1. The number of hydrogen-bond acceptors (Lipinski definition) is 4. The van der Waals surface area contributed by atoms with Crippen LogP contribution < -0.4 is 5.32 Å². The first-order chi connectivity index (χ1) is 15.1. The van der Waals surface area contributed by atoms with Crippen LogP contribution in [0, 0.1) is 40.8 Å². The second kappa shape index (κ2) is 7.75. The third-order valence-corrected chi connectivity index (χ3v) is 9.93. The molecule has 0 saturated heterocycles. The minimum Gasteiger partial charge on any atom is -0.390 e. The number of alkyl halides is 1. The molecule has 4 aliphatic carbocycles. The largest absolute Gasteiger partial charge is 0.390 e. The van der Waals surface area contributed by atoms with E-state index in [1.165, 1.54) is 6.20 Å². The van der Waals surface area contributed by atoms with Gasteiger partial charge < -0.3 is 10.4 Å². The quantitative estimate of drug-likeness (QED) is 0.658. The van der Waals surface area contributed by atoms with Crippen LogP contribution in [-0.4, -0.2) is 33.7 Å². The van der Waals surface area contributed by atoms with Gasteiger partial charge in [0.15, 0.2) is 11.6 Å². The van der Waals surface area contributed by atoms with E-state index in [2.05, 4.69) is 17.2 Å². The van der Waals surface area contributed by atoms with Crippen molar-refractivity contribution >= 4 is 11.5 Å². The summed E-state index contributed by atoms with van der Waals surface area (Å²) in [6, 6.07) is 1.55. The highest BCUT2D eigenvalue weighted by molar-refractivity contribution is 5.86. The minimum absolute atomic E-state index is 0.0323. The molecule has 5 rings (SSSR count). The Hall–Kier alpha value is -1.56. The molecule has 0 amide bonds. The fourth-order valence-electron chi connectivity index (χ4n) is 8.33. The van der Waals surface area contributed by atoms with Gasteiger partial charge >= 0.3 is 0 Å². The summed E-state index contributed by atoms with van der Waals surface area (Å²) in [4.78, 5) is 17.0. The molecule has 8 atom stereocenters. The Balaban J connectivity index is 1.30. The van der Waals surface area contributed by atoms with Crippen molar-refractivity contribution in [2.45, 2.75) is 82.9 Å². The number of nitrogens with one attached hydrogen (secondary N) is 1. The van der Waals surface area contributed by atoms with Gasteiger partial charge in [-0.05, 0) is 99.9 Å². The van der Waals surface area contributed by atoms with E-state index in [0.29, 0.717) is 36.8 Å². The zero-order valence-electron chi connectivity index (χ0n) is 19.2. The van der Waals surface area contributed by atoms with Gasteiger partial charge in [-0.2, -0.15) is 0 Å². The first-order valence-corrected chi connectivity index (χ1v) is 12.4. The lowest BCUT2D eigenvalue weighted by Crippen LogP contribution is -2.58. The number of carbonyl (C=O) groups is 1. The molecule has 32 heavy (non-hydrogen) atoms. The predicted octanol–water partition coefficient (Wildman–Crippen LogP) is 5.31. The van der Waals surface area contributed by atoms with Crippen LogP contribution in [-0.2, 0) is 4.79 Å². The number of ketones is 1. The summed E-state index contributed by atoms with van der Waals surface area (Å²) in [6.07, 6.45) is 9.66. The smallest absolute Gasteiger partial charge is 0.164 e. The van der Waals surface area contributed by atoms with Gasteiger partial charge in [0.05, 0.1) is 24.0 Å². The Morgan fingerprint density at radius 1 is 1.16 bits per heavy atom. The molecular weight excluding hydrogens is 410 g/mol. The Morgan fingerprint density at radius 2 is 1.97 bits per heavy atom. The number of hydrogen-bond donors (Lipinski definition) is 2. The van der Waals surface area contributed by atoms with Gasteiger partial charge in [-0.3, -0.25) is 9.78 Å². The van der Waals surface area contributed by atoms with E-state index in [1.54, 1.807) is 6.07 Å². The summed E-state index contributed by atoms with van der Waals surface area (Å²) in [5, 5.41) is 13.5. The SMILES string of the molecule is C[C@@]1(O)CC[C@@]2(F)[C@H](CC[C@H]3C4CC[C@H](C(=O)CNc5ccncc5F)[C@@]4(C)CC[C@@H]32)C1. The van der Waals surface area contributed by atoms with Crippen molar-refractivity contribution in [3.05, 3.63) is 24.3 Å². The first kappa shape index (κ1) is 22.2. The highest BCUT2D eigenvalue weighted by Gasteiger charge is 2.63. The fourth-order valence-corrected chi connectivity index (χ4v) is 8.33. The lowest BCUT2D eigenvalue weighted by molar-refractivity contribution is -0.165. The molecule has 4 aliphatic rings. The molecule has 1 unspecified atom stereocenters. The van der Waals surface area contributed by atoms with Crippen LogP contribution in [0.15, 0.2) is 18.5 Å². The molecule has 1 aromatic heterocycles. The van der Waals surface area contributed by atoms with Gasteiger partial charge in [-0.15, -0.1) is 0 Å². The number of Topliss-reactive ketones (excluding diaryl/α,β-unsaturated/α-hetero) is 1. The molecule has 1 aromatic rings. The van der Waals surface area contributed by atoms with Gasteiger partial charge in [0, 0.05) is 12.1 Å². The molecule has 4 fully saturated rings. The summed E-state index contributed by atoms with van der Waals surface area (Å²) in [6.45, 7) is 4.22. The summed E-state index contributed by atoms with van der Waals surface area (Å²) in [5.41, 5.74) is -1.68. The lowest BCUT2D eigenvalue weighted by atomic mass is 9.48. The molecular formula is C26H36F2N2O2. The Morgan fingerprint density at radius 3 is 2.75 bits per heavy atom. The third-order valence-electron chi connectivity index (χ3n) is 9.93. The van der Waals surface area contributed by atoms with Crippen LogP contribution in [0.3, 0.4) is 0 Å². The maximum absolute atomic E-state index is 16.5. The Labute approximate surface area is 189 Å². The Bertz CT molecular complexity index is 892. The van der Waals surface area contributed by atoms with E-state index in [9.17, 15) is 14.3 Å². The van der Waals surface area contributed by atoms with Crippen LogP contribution in [0.5, 0.6) is 0 Å². The first-order valence-electron chi connectivity index (χ1n) is 12.4. The molecule has 4 nitrogen and oxygen atoms in total. The van der Waals surface area contributed by atoms with Crippen molar-refractivity contribution in [2.75, 3.05) is 11.9 Å². The molecule has 0 bridgehead atoms. The number of nitrogens with zero attached hydrogens (tertiary/aromatic N) is 1. The molecule has 2 N–H and O–H groups in total.